The van der Waals surface area contributed by atoms with Crippen molar-refractivity contribution in [1.29, 1.82) is 0 Å². The molecule has 1 aromatic carbocycles. The summed E-state index contributed by atoms with van der Waals surface area (Å²) in [5.74, 6) is -1.02. The van der Waals surface area contributed by atoms with E-state index in [1.165, 1.54) is 31.4 Å². The standard InChI is InChI=1S/C23H28N2O6S.Ar/c1-12-6-8-17(9-7-12)20(28)19-10-24-23(32-19)25-22-21(30-16(5)27)14(3)13(2)18(31-22)11-29-15(4)26;/h6-10,13-14,18,21-22H,11H2,1-5H3,(H,24,25);/t13-,14-,18?,21?,22-;/m0./s1. The number of thiazole rings is 1. The second kappa shape index (κ2) is 12.3. The summed E-state index contributed by atoms with van der Waals surface area (Å²) in [5, 5.41) is 3.62. The third kappa shape index (κ3) is 7.23. The Hall–Kier alpha value is -1.52. The molecule has 3 rings (SSSR count). The number of rotatable bonds is 7. The number of hydrogen-bond donors (Lipinski definition) is 1. The van der Waals surface area contributed by atoms with Gasteiger partial charge in [0.25, 0.3) is 0 Å². The molecule has 0 aliphatic carbocycles. The first-order valence-electron chi connectivity index (χ1n) is 10.5. The number of nitrogens with zero attached hydrogens (tertiary/aromatic N) is 1. The van der Waals surface area contributed by atoms with Crippen LogP contribution in [0.4, 0.5) is 5.13 Å². The maximum atomic E-state index is 12.8. The van der Waals surface area contributed by atoms with Gasteiger partial charge in [-0.2, -0.15) is 0 Å². The van der Waals surface area contributed by atoms with Crippen molar-refractivity contribution in [2.45, 2.75) is 53.1 Å². The van der Waals surface area contributed by atoms with Crippen molar-refractivity contribution in [2.24, 2.45) is 11.8 Å². The molecule has 8 nitrogen and oxygen atoms in total. The fourth-order valence-electron chi connectivity index (χ4n) is 3.59. The molecule has 1 aromatic heterocycles. The van der Waals surface area contributed by atoms with Crippen molar-refractivity contribution < 1.29 is 66.3 Å². The van der Waals surface area contributed by atoms with E-state index < -0.39 is 18.3 Å². The van der Waals surface area contributed by atoms with Crippen molar-refractivity contribution in [1.82, 2.24) is 4.98 Å². The van der Waals surface area contributed by atoms with Gasteiger partial charge < -0.3 is 19.5 Å². The number of aryl methyl sites for hydroxylation is 1. The Kier molecular flexibility index (Phi) is 10.3. The van der Waals surface area contributed by atoms with Crippen molar-refractivity contribution in [3.63, 3.8) is 0 Å². The molecule has 1 aliphatic heterocycles. The van der Waals surface area contributed by atoms with Gasteiger partial charge in [0.05, 0.1) is 17.2 Å². The summed E-state index contributed by atoms with van der Waals surface area (Å²) in [6.07, 6.45) is -0.150. The minimum atomic E-state index is -0.709. The van der Waals surface area contributed by atoms with Crippen molar-refractivity contribution in [2.75, 3.05) is 11.9 Å². The minimum Gasteiger partial charge on any atom is -0.463 e. The van der Waals surface area contributed by atoms with E-state index in [1.807, 2.05) is 32.9 Å². The van der Waals surface area contributed by atoms with Gasteiger partial charge in [-0.1, -0.05) is 55.0 Å². The molecule has 2 unspecified atom stereocenters. The predicted octanol–water partition coefficient (Wildman–Crippen LogP) is 3.59. The number of ether oxygens (including phenoxy) is 3. The number of carbonyl (C=O) groups excluding carboxylic acids is 3. The minimum absolute atomic E-state index is 0. The molecule has 1 saturated heterocycles. The molecule has 0 amide bonds. The first kappa shape index (κ1) is 27.7. The van der Waals surface area contributed by atoms with E-state index in [4.69, 9.17) is 14.2 Å². The van der Waals surface area contributed by atoms with E-state index in [9.17, 15) is 14.4 Å². The SMILES string of the molecule is CC(=O)OCC1O[C@H](Nc2ncc(C(=O)c3ccc(C)cc3)s2)C(OC(C)=O)[C@@H](C)[C@@H]1C.[Ar]. The van der Waals surface area contributed by atoms with Crippen LogP contribution in [-0.4, -0.2) is 47.7 Å². The molecule has 0 spiro atoms. The van der Waals surface area contributed by atoms with Gasteiger partial charge in [-0.3, -0.25) is 14.4 Å². The summed E-state index contributed by atoms with van der Waals surface area (Å²) in [6, 6.07) is 7.35. The molecule has 0 bridgehead atoms. The monoisotopic (exact) mass is 500 g/mol. The van der Waals surface area contributed by atoms with Crippen LogP contribution in [0.2, 0.25) is 0 Å². The second-order valence-corrected chi connectivity index (χ2v) is 9.09. The number of benzene rings is 1. The third-order valence-electron chi connectivity index (χ3n) is 5.62. The smallest absolute Gasteiger partial charge is 0.303 e. The average Bonchev–Trinajstić information content (AvgIpc) is 3.20. The summed E-state index contributed by atoms with van der Waals surface area (Å²) in [7, 11) is 0. The number of anilines is 1. The van der Waals surface area contributed by atoms with Gasteiger partial charge in [-0.25, -0.2) is 4.98 Å². The maximum Gasteiger partial charge on any atom is 0.303 e. The third-order valence-corrected chi connectivity index (χ3v) is 6.54. The Balaban J connectivity index is 0.00000385. The van der Waals surface area contributed by atoms with Gasteiger partial charge >= 0.3 is 11.9 Å². The summed E-state index contributed by atoms with van der Waals surface area (Å²) in [5.41, 5.74) is 1.66. The molecule has 2 heterocycles. The molecule has 1 N–H and O–H groups in total. The fraction of sp³-hybridized carbons (Fsp3) is 0.478. The number of carbonyl (C=O) groups is 3. The van der Waals surface area contributed by atoms with E-state index in [1.54, 1.807) is 12.1 Å². The molecular weight excluding hydrogens is 472 g/mol. The van der Waals surface area contributed by atoms with Crippen LogP contribution in [-0.2, 0) is 23.8 Å². The van der Waals surface area contributed by atoms with Gasteiger partial charge in [-0.05, 0) is 12.8 Å². The normalized spacial score (nSPS) is 24.3. The van der Waals surface area contributed by atoms with Crippen LogP contribution in [0, 0.1) is 56.5 Å². The van der Waals surface area contributed by atoms with Gasteiger partial charge in [0, 0.05) is 63.1 Å². The van der Waals surface area contributed by atoms with Crippen LogP contribution < -0.4 is 5.32 Å². The van der Waals surface area contributed by atoms with Gasteiger partial charge in [0.2, 0.25) is 5.78 Å². The zero-order chi connectivity index (χ0) is 23.4. The van der Waals surface area contributed by atoms with E-state index in [2.05, 4.69) is 10.3 Å². The molecule has 1 aliphatic rings. The topological polar surface area (TPSA) is 104 Å². The molecule has 0 saturated carbocycles. The predicted molar refractivity (Wildman–Crippen MR) is 120 cm³/mol. The van der Waals surface area contributed by atoms with E-state index in [-0.39, 0.29) is 74.0 Å². The quantitative estimate of drug-likeness (QED) is 0.455. The summed E-state index contributed by atoms with van der Waals surface area (Å²) in [4.78, 5) is 40.5. The Bertz CT molecular complexity index is 978. The molecule has 0 radical (unpaired) electrons. The van der Waals surface area contributed by atoms with Crippen LogP contribution in [0.1, 0.15) is 48.5 Å². The van der Waals surface area contributed by atoms with Crippen molar-refractivity contribution in [3.05, 3.63) is 46.5 Å². The van der Waals surface area contributed by atoms with Gasteiger partial charge in [0.1, 0.15) is 12.7 Å². The molecular formula is C23H28ArN2O6S. The number of hydrogen-bond acceptors (Lipinski definition) is 9. The Morgan fingerprint density at radius 3 is 2.36 bits per heavy atom. The van der Waals surface area contributed by atoms with Crippen LogP contribution >= 0.6 is 11.3 Å². The Labute approximate surface area is 227 Å². The summed E-state index contributed by atoms with van der Waals surface area (Å²) in [6.45, 7) is 8.68. The number of nitrogens with one attached hydrogen (secondary N) is 1. The van der Waals surface area contributed by atoms with Crippen LogP contribution in [0.3, 0.4) is 0 Å². The van der Waals surface area contributed by atoms with Crippen molar-refractivity contribution >= 4 is 34.2 Å². The fourth-order valence-corrected chi connectivity index (χ4v) is 4.39. The molecule has 33 heavy (non-hydrogen) atoms. The average molecular weight is 501 g/mol. The van der Waals surface area contributed by atoms with Crippen LogP contribution in [0.5, 0.6) is 0 Å². The number of esters is 2. The molecule has 2 aromatic rings. The molecule has 1 fully saturated rings. The van der Waals surface area contributed by atoms with Crippen molar-refractivity contribution in [3.8, 4) is 0 Å². The summed E-state index contributed by atoms with van der Waals surface area (Å²) < 4.78 is 16.8. The van der Waals surface area contributed by atoms with E-state index in [0.717, 1.165) is 5.56 Å². The summed E-state index contributed by atoms with van der Waals surface area (Å²) >= 11 is 1.20. The molecule has 5 atom stereocenters. The Morgan fingerprint density at radius 1 is 1.09 bits per heavy atom. The number of ketones is 1. The maximum absolute atomic E-state index is 12.8. The van der Waals surface area contributed by atoms with E-state index in [0.29, 0.717) is 15.6 Å². The van der Waals surface area contributed by atoms with Crippen LogP contribution in [0.15, 0.2) is 30.5 Å². The first-order chi connectivity index (χ1) is 15.2. The first-order valence-corrected chi connectivity index (χ1v) is 11.3. The zero-order valence-corrected chi connectivity index (χ0v) is 20.7. The second-order valence-electron chi connectivity index (χ2n) is 8.06. The van der Waals surface area contributed by atoms with Crippen LogP contribution in [0.25, 0.3) is 0 Å². The van der Waals surface area contributed by atoms with Gasteiger partial charge in [-0.15, -0.1) is 0 Å². The largest absolute Gasteiger partial charge is 0.463 e. The zero-order valence-electron chi connectivity index (χ0n) is 19.1. The Morgan fingerprint density at radius 2 is 1.76 bits per heavy atom. The molecule has 180 valence electrons. The number of aromatic nitrogens is 1. The van der Waals surface area contributed by atoms with E-state index >= 15 is 0 Å². The molecule has 10 heteroatoms. The van der Waals surface area contributed by atoms with Gasteiger partial charge in [0.15, 0.2) is 11.4 Å².